The molecule has 0 fully saturated rings. The van der Waals surface area contributed by atoms with Gasteiger partial charge in [-0.3, -0.25) is 4.79 Å². The van der Waals surface area contributed by atoms with Crippen molar-refractivity contribution >= 4 is 21.8 Å². The third-order valence-electron chi connectivity index (χ3n) is 4.12. The molecule has 1 heterocycles. The molecule has 3 aromatic rings. The maximum atomic E-state index is 12.5. The summed E-state index contributed by atoms with van der Waals surface area (Å²) in [6, 6.07) is 14.9. The summed E-state index contributed by atoms with van der Waals surface area (Å²) >= 11 is 3.52. The molecule has 0 aliphatic rings. The second-order valence-corrected chi connectivity index (χ2v) is 6.84. The molecule has 2 aromatic carbocycles. The molecular weight excluding hydrogens is 394 g/mol. The second-order valence-electron chi connectivity index (χ2n) is 5.98. The number of carbonyl (C=O) groups is 1. The second kappa shape index (κ2) is 8.19. The quantitative estimate of drug-likeness (QED) is 0.656. The van der Waals surface area contributed by atoms with Crippen molar-refractivity contribution < 1.29 is 9.53 Å². The Morgan fingerprint density at radius 2 is 1.96 bits per heavy atom. The minimum absolute atomic E-state index is 0.0996. The van der Waals surface area contributed by atoms with Crippen molar-refractivity contribution in [1.29, 1.82) is 0 Å². The molecule has 1 amide bonds. The van der Waals surface area contributed by atoms with Gasteiger partial charge in [0.05, 0.1) is 6.04 Å². The Hall–Kier alpha value is -2.60. The van der Waals surface area contributed by atoms with E-state index in [4.69, 9.17) is 4.74 Å². The number of hydrogen-bond acceptors (Lipinski definition) is 3. The maximum absolute atomic E-state index is 12.5. The van der Waals surface area contributed by atoms with E-state index in [2.05, 4.69) is 26.2 Å². The van der Waals surface area contributed by atoms with Gasteiger partial charge in [0.1, 0.15) is 18.2 Å². The zero-order chi connectivity index (χ0) is 18.5. The summed E-state index contributed by atoms with van der Waals surface area (Å²) in [7, 11) is 1.92. The van der Waals surface area contributed by atoms with E-state index in [1.807, 2.05) is 49.0 Å². The van der Waals surface area contributed by atoms with Crippen molar-refractivity contribution in [2.75, 3.05) is 0 Å². The molecule has 0 saturated heterocycles. The fourth-order valence-corrected chi connectivity index (χ4v) is 3.20. The van der Waals surface area contributed by atoms with E-state index in [1.165, 1.54) is 0 Å². The average molecular weight is 414 g/mol. The topological polar surface area (TPSA) is 56.1 Å². The van der Waals surface area contributed by atoms with Crippen molar-refractivity contribution in [2.45, 2.75) is 19.6 Å². The van der Waals surface area contributed by atoms with E-state index in [9.17, 15) is 4.79 Å². The zero-order valence-electron chi connectivity index (χ0n) is 14.6. The lowest BCUT2D eigenvalue weighted by atomic mass is 10.1. The highest BCUT2D eigenvalue weighted by Crippen LogP contribution is 2.23. The van der Waals surface area contributed by atoms with Gasteiger partial charge in [0.25, 0.3) is 5.91 Å². The number of aromatic nitrogens is 2. The third-order valence-corrected chi connectivity index (χ3v) is 4.85. The van der Waals surface area contributed by atoms with Gasteiger partial charge in [-0.1, -0.05) is 34.1 Å². The molecule has 0 radical (unpaired) electrons. The van der Waals surface area contributed by atoms with E-state index in [1.54, 1.807) is 30.5 Å². The summed E-state index contributed by atoms with van der Waals surface area (Å²) in [5, 5.41) is 3.01. The normalized spacial score (nSPS) is 11.8. The first-order valence-electron chi connectivity index (χ1n) is 8.29. The van der Waals surface area contributed by atoms with Crippen LogP contribution in [0.3, 0.4) is 0 Å². The number of rotatable bonds is 6. The Kier molecular flexibility index (Phi) is 5.73. The summed E-state index contributed by atoms with van der Waals surface area (Å²) < 4.78 is 8.60. The lowest BCUT2D eigenvalue weighted by Gasteiger charge is -2.16. The van der Waals surface area contributed by atoms with Crippen LogP contribution in [0.4, 0.5) is 0 Å². The minimum Gasteiger partial charge on any atom is -0.486 e. The fraction of sp³-hybridized carbons (Fsp3) is 0.200. The van der Waals surface area contributed by atoms with Gasteiger partial charge in [-0.25, -0.2) is 4.98 Å². The van der Waals surface area contributed by atoms with Gasteiger partial charge < -0.3 is 14.6 Å². The molecule has 5 nitrogen and oxygen atoms in total. The Morgan fingerprint density at radius 1 is 1.23 bits per heavy atom. The van der Waals surface area contributed by atoms with Crippen LogP contribution in [0.2, 0.25) is 0 Å². The monoisotopic (exact) mass is 413 g/mol. The molecule has 0 aliphatic heterocycles. The predicted octanol–water partition coefficient (Wildman–Crippen LogP) is 4.25. The summed E-state index contributed by atoms with van der Waals surface area (Å²) in [5.41, 5.74) is 1.63. The highest BCUT2D eigenvalue weighted by Gasteiger charge is 2.13. The minimum atomic E-state index is -0.121. The molecule has 0 saturated carbocycles. The number of amides is 1. The van der Waals surface area contributed by atoms with Gasteiger partial charge in [0.15, 0.2) is 0 Å². The Morgan fingerprint density at radius 3 is 2.62 bits per heavy atom. The maximum Gasteiger partial charge on any atom is 0.251 e. The van der Waals surface area contributed by atoms with Crippen LogP contribution in [0.1, 0.15) is 34.7 Å². The Bertz CT molecular complexity index is 890. The van der Waals surface area contributed by atoms with Crippen molar-refractivity contribution in [3.63, 3.8) is 0 Å². The van der Waals surface area contributed by atoms with Gasteiger partial charge in [-0.15, -0.1) is 0 Å². The Labute approximate surface area is 161 Å². The molecule has 1 unspecified atom stereocenters. The van der Waals surface area contributed by atoms with Crippen molar-refractivity contribution in [2.24, 2.45) is 7.05 Å². The third kappa shape index (κ3) is 4.32. The van der Waals surface area contributed by atoms with Crippen LogP contribution in [0, 0.1) is 0 Å². The zero-order valence-corrected chi connectivity index (χ0v) is 16.2. The van der Waals surface area contributed by atoms with Crippen LogP contribution in [0.15, 0.2) is 65.4 Å². The summed E-state index contributed by atoms with van der Waals surface area (Å²) in [6.45, 7) is 2.34. The number of nitrogens with zero attached hydrogens (tertiary/aromatic N) is 2. The lowest BCUT2D eigenvalue weighted by Crippen LogP contribution is -2.26. The van der Waals surface area contributed by atoms with E-state index in [0.29, 0.717) is 17.9 Å². The van der Waals surface area contributed by atoms with Crippen molar-refractivity contribution in [3.8, 4) is 5.75 Å². The molecular formula is C20H20BrN3O2. The van der Waals surface area contributed by atoms with Crippen molar-refractivity contribution in [3.05, 3.63) is 82.3 Å². The van der Waals surface area contributed by atoms with Crippen LogP contribution in [-0.2, 0) is 13.7 Å². The van der Waals surface area contributed by atoms with Crippen LogP contribution in [-0.4, -0.2) is 15.5 Å². The molecule has 1 atom stereocenters. The summed E-state index contributed by atoms with van der Waals surface area (Å²) in [6.07, 6.45) is 3.61. The molecule has 0 bridgehead atoms. The largest absolute Gasteiger partial charge is 0.486 e. The first-order chi connectivity index (χ1) is 12.5. The van der Waals surface area contributed by atoms with E-state index in [-0.39, 0.29) is 11.9 Å². The van der Waals surface area contributed by atoms with Crippen LogP contribution >= 0.6 is 15.9 Å². The molecule has 0 spiro atoms. The van der Waals surface area contributed by atoms with E-state index >= 15 is 0 Å². The number of halogens is 1. The average Bonchev–Trinajstić information content (AvgIpc) is 3.05. The van der Waals surface area contributed by atoms with Crippen LogP contribution in [0.25, 0.3) is 0 Å². The first-order valence-corrected chi connectivity index (χ1v) is 9.08. The number of carbonyl (C=O) groups excluding carboxylic acids is 1. The number of hydrogen-bond donors (Lipinski definition) is 1. The number of benzene rings is 2. The highest BCUT2D eigenvalue weighted by atomic mass is 79.9. The molecule has 134 valence electrons. The lowest BCUT2D eigenvalue weighted by molar-refractivity contribution is 0.0939. The highest BCUT2D eigenvalue weighted by molar-refractivity contribution is 9.10. The fourth-order valence-electron chi connectivity index (χ4n) is 2.57. The molecule has 26 heavy (non-hydrogen) atoms. The SMILES string of the molecule is CC(NC(=O)c1ccc(OCc2nccn2C)cc1)c1ccccc1Br. The molecule has 0 aliphatic carbocycles. The smallest absolute Gasteiger partial charge is 0.251 e. The number of nitrogens with one attached hydrogen (secondary N) is 1. The molecule has 1 N–H and O–H groups in total. The number of ether oxygens (including phenoxy) is 1. The van der Waals surface area contributed by atoms with Crippen LogP contribution in [0.5, 0.6) is 5.75 Å². The number of imidazole rings is 1. The molecule has 1 aromatic heterocycles. The van der Waals surface area contributed by atoms with Gasteiger partial charge >= 0.3 is 0 Å². The van der Waals surface area contributed by atoms with Gasteiger partial charge in [0.2, 0.25) is 0 Å². The first kappa shape index (κ1) is 18.2. The van der Waals surface area contributed by atoms with Gasteiger partial charge in [-0.2, -0.15) is 0 Å². The van der Waals surface area contributed by atoms with E-state index in [0.717, 1.165) is 15.9 Å². The number of aryl methyl sites for hydroxylation is 1. The Balaban J connectivity index is 1.60. The van der Waals surface area contributed by atoms with E-state index < -0.39 is 0 Å². The standard InChI is InChI=1S/C20H20BrN3O2/c1-14(17-5-3-4-6-18(17)21)23-20(25)15-7-9-16(10-8-15)26-13-19-22-11-12-24(19)2/h3-12,14H,13H2,1-2H3,(H,23,25). The van der Waals surface area contributed by atoms with Crippen LogP contribution < -0.4 is 10.1 Å². The molecule has 6 heteroatoms. The van der Waals surface area contributed by atoms with Gasteiger partial charge in [0, 0.05) is 29.5 Å². The summed E-state index contributed by atoms with van der Waals surface area (Å²) in [5.74, 6) is 1.42. The molecule has 3 rings (SSSR count). The summed E-state index contributed by atoms with van der Waals surface area (Å²) in [4.78, 5) is 16.7. The van der Waals surface area contributed by atoms with Crippen molar-refractivity contribution in [1.82, 2.24) is 14.9 Å². The van der Waals surface area contributed by atoms with Gasteiger partial charge in [-0.05, 0) is 42.8 Å². The predicted molar refractivity (Wildman–Crippen MR) is 104 cm³/mol.